The van der Waals surface area contributed by atoms with Crippen LogP contribution in [0.2, 0.25) is 0 Å². The number of nitrogens with one attached hydrogen (secondary N) is 2. The second-order valence-corrected chi connectivity index (χ2v) is 10.2. The van der Waals surface area contributed by atoms with E-state index in [4.69, 9.17) is 0 Å². The van der Waals surface area contributed by atoms with Gasteiger partial charge in [0, 0.05) is 21.4 Å². The molecule has 0 spiro atoms. The lowest BCUT2D eigenvalue weighted by molar-refractivity contribution is -0.113. The predicted octanol–water partition coefficient (Wildman–Crippen LogP) is 5.16. The molecule has 3 rings (SSSR count). The highest BCUT2D eigenvalue weighted by molar-refractivity contribution is 14.1. The number of anilines is 1. The molecule has 0 saturated heterocycles. The molecule has 0 atom stereocenters. The fourth-order valence-corrected chi connectivity index (χ4v) is 4.67. The third-order valence-corrected chi connectivity index (χ3v) is 6.78. The minimum Gasteiger partial charge on any atom is -0.345 e. The second-order valence-electron chi connectivity index (χ2n) is 8.02. The van der Waals surface area contributed by atoms with E-state index in [1.807, 2.05) is 41.8 Å². The molecule has 2 amide bonds. The summed E-state index contributed by atoms with van der Waals surface area (Å²) in [6.45, 7) is 10.6. The quantitative estimate of drug-likeness (QED) is 0.194. The van der Waals surface area contributed by atoms with Gasteiger partial charge in [-0.2, -0.15) is 0 Å². The number of carbonyl (C=O) groups excluding carboxylic acids is 2. The van der Waals surface area contributed by atoms with Gasteiger partial charge in [0.05, 0.1) is 12.3 Å². The lowest BCUT2D eigenvalue weighted by Crippen LogP contribution is -2.25. The lowest BCUT2D eigenvalue weighted by Gasteiger charge is -2.14. The average molecular weight is 590 g/mol. The zero-order valence-corrected chi connectivity index (χ0v) is 22.4. The zero-order valence-electron chi connectivity index (χ0n) is 19.5. The van der Waals surface area contributed by atoms with Gasteiger partial charge in [0.2, 0.25) is 5.91 Å². The van der Waals surface area contributed by atoms with E-state index < -0.39 is 0 Å². The smallest absolute Gasteiger partial charge is 0.251 e. The number of nitrogens with zero attached hydrogens (tertiary/aromatic N) is 3. The summed E-state index contributed by atoms with van der Waals surface area (Å²) in [5, 5.41) is 15.0. The number of aryl methyl sites for hydroxylation is 1. The molecule has 0 bridgehead atoms. The number of aromatic nitrogens is 3. The van der Waals surface area contributed by atoms with E-state index in [1.54, 1.807) is 12.1 Å². The van der Waals surface area contributed by atoms with Crippen molar-refractivity contribution >= 4 is 51.9 Å². The molecule has 34 heavy (non-hydrogen) atoms. The van der Waals surface area contributed by atoms with Gasteiger partial charge in [-0.15, -0.1) is 16.8 Å². The summed E-state index contributed by atoms with van der Waals surface area (Å²) < 4.78 is 2.99. The highest BCUT2D eigenvalue weighted by Crippen LogP contribution is 2.27. The molecule has 0 radical (unpaired) electrons. The molecular formula is C25H28IN5O2S. The first-order chi connectivity index (χ1) is 16.3. The van der Waals surface area contributed by atoms with Crippen molar-refractivity contribution in [3.63, 3.8) is 0 Å². The van der Waals surface area contributed by atoms with Crippen molar-refractivity contribution in [2.45, 2.75) is 44.9 Å². The number of amides is 2. The number of hydrogen-bond acceptors (Lipinski definition) is 5. The molecule has 7 nitrogen and oxygen atoms in total. The van der Waals surface area contributed by atoms with E-state index in [9.17, 15) is 9.59 Å². The van der Waals surface area contributed by atoms with Crippen LogP contribution in [0.25, 0.3) is 0 Å². The highest BCUT2D eigenvalue weighted by Gasteiger charge is 2.16. The van der Waals surface area contributed by atoms with Crippen LogP contribution in [0.1, 0.15) is 47.1 Å². The monoisotopic (exact) mass is 589 g/mol. The summed E-state index contributed by atoms with van der Waals surface area (Å²) in [7, 11) is 0. The number of benzene rings is 2. The topological polar surface area (TPSA) is 88.9 Å². The maximum Gasteiger partial charge on any atom is 0.251 e. The van der Waals surface area contributed by atoms with Crippen LogP contribution in [0.3, 0.4) is 0 Å². The van der Waals surface area contributed by atoms with Gasteiger partial charge >= 0.3 is 0 Å². The summed E-state index contributed by atoms with van der Waals surface area (Å²) in [4.78, 5) is 25.2. The fraction of sp³-hybridized carbons (Fsp3) is 0.280. The Morgan fingerprint density at radius 2 is 1.97 bits per heavy atom. The van der Waals surface area contributed by atoms with E-state index in [2.05, 4.69) is 69.9 Å². The average Bonchev–Trinajstić information content (AvgIpc) is 3.19. The van der Waals surface area contributed by atoms with Gasteiger partial charge in [0.15, 0.2) is 11.0 Å². The van der Waals surface area contributed by atoms with Crippen LogP contribution >= 0.6 is 34.4 Å². The summed E-state index contributed by atoms with van der Waals surface area (Å²) in [6.07, 6.45) is 1.74. The van der Waals surface area contributed by atoms with Gasteiger partial charge in [0.25, 0.3) is 5.91 Å². The largest absolute Gasteiger partial charge is 0.345 e. The van der Waals surface area contributed by atoms with Crippen LogP contribution in [0.4, 0.5) is 5.69 Å². The van der Waals surface area contributed by atoms with Crippen LogP contribution < -0.4 is 10.6 Å². The minimum atomic E-state index is -0.168. The number of thioether (sulfide) groups is 1. The summed E-state index contributed by atoms with van der Waals surface area (Å²) in [5.41, 5.74) is 3.46. The van der Waals surface area contributed by atoms with Crippen LogP contribution in [-0.2, 0) is 17.9 Å². The Balaban J connectivity index is 1.64. The molecule has 9 heteroatoms. The predicted molar refractivity (Wildman–Crippen MR) is 145 cm³/mol. The molecular weight excluding hydrogens is 561 g/mol. The molecule has 1 aromatic heterocycles. The van der Waals surface area contributed by atoms with Crippen molar-refractivity contribution in [2.75, 3.05) is 11.1 Å². The van der Waals surface area contributed by atoms with Crippen molar-refractivity contribution in [1.29, 1.82) is 0 Å². The van der Waals surface area contributed by atoms with Gasteiger partial charge in [-0.25, -0.2) is 0 Å². The minimum absolute atomic E-state index is 0.115. The summed E-state index contributed by atoms with van der Waals surface area (Å²) in [5.74, 6) is 0.804. The molecule has 3 aromatic rings. The summed E-state index contributed by atoms with van der Waals surface area (Å²) in [6, 6.07) is 13.4. The van der Waals surface area contributed by atoms with Gasteiger partial charge in [-0.3, -0.25) is 9.59 Å². The van der Waals surface area contributed by atoms with Crippen molar-refractivity contribution in [3.05, 3.63) is 81.2 Å². The maximum absolute atomic E-state index is 12.7. The summed E-state index contributed by atoms with van der Waals surface area (Å²) >= 11 is 3.57. The van der Waals surface area contributed by atoms with Crippen molar-refractivity contribution in [1.82, 2.24) is 20.1 Å². The lowest BCUT2D eigenvalue weighted by atomic mass is 10.0. The molecule has 0 saturated carbocycles. The highest BCUT2D eigenvalue weighted by atomic mass is 127. The van der Waals surface area contributed by atoms with Crippen LogP contribution in [-0.4, -0.2) is 32.3 Å². The van der Waals surface area contributed by atoms with Crippen LogP contribution in [0, 0.1) is 10.5 Å². The van der Waals surface area contributed by atoms with Crippen LogP contribution in [0.15, 0.2) is 60.3 Å². The number of carbonyl (C=O) groups is 2. The maximum atomic E-state index is 12.7. The third kappa shape index (κ3) is 6.69. The fourth-order valence-electron chi connectivity index (χ4n) is 3.39. The third-order valence-electron chi connectivity index (χ3n) is 5.14. The second kappa shape index (κ2) is 12.2. The Morgan fingerprint density at radius 3 is 2.68 bits per heavy atom. The number of halogens is 1. The Kier molecular flexibility index (Phi) is 9.28. The molecule has 0 unspecified atom stereocenters. The Bertz CT molecular complexity index is 1190. The Morgan fingerprint density at radius 1 is 1.21 bits per heavy atom. The molecule has 0 fully saturated rings. The molecule has 1 heterocycles. The zero-order chi connectivity index (χ0) is 24.7. The first kappa shape index (κ1) is 26.0. The molecule has 0 aliphatic heterocycles. The molecule has 0 aliphatic rings. The Labute approximate surface area is 218 Å². The van der Waals surface area contributed by atoms with Gasteiger partial charge in [0.1, 0.15) is 0 Å². The Hall–Kier alpha value is -2.66. The number of rotatable bonds is 10. The first-order valence-corrected chi connectivity index (χ1v) is 13.0. The van der Waals surface area contributed by atoms with Gasteiger partial charge in [-0.05, 0) is 70.8 Å². The molecule has 0 aliphatic carbocycles. The van der Waals surface area contributed by atoms with E-state index in [0.29, 0.717) is 29.0 Å². The number of allylic oxidation sites excluding steroid dienone is 1. The van der Waals surface area contributed by atoms with Crippen molar-refractivity contribution in [3.8, 4) is 0 Å². The van der Waals surface area contributed by atoms with Crippen LogP contribution in [0.5, 0.6) is 0 Å². The molecule has 2 N–H and O–H groups in total. The normalized spacial score (nSPS) is 10.9. The number of hydrogen-bond donors (Lipinski definition) is 2. The van der Waals surface area contributed by atoms with Crippen molar-refractivity contribution < 1.29 is 9.59 Å². The van der Waals surface area contributed by atoms with E-state index in [-0.39, 0.29) is 24.1 Å². The van der Waals surface area contributed by atoms with E-state index in [1.165, 1.54) is 11.8 Å². The van der Waals surface area contributed by atoms with Gasteiger partial charge < -0.3 is 15.2 Å². The standard InChI is InChI=1S/C25H28IN5O2S/c1-5-12-31-22(14-27-24(33)19-9-7-6-8-17(19)4)29-30-25(31)34-15-23(32)28-21-11-10-18(26)13-20(21)16(2)3/h5-11,13,16H,1,12,14-15H2,2-4H3,(H,27,33)(H,28,32). The molecule has 178 valence electrons. The van der Waals surface area contributed by atoms with E-state index >= 15 is 0 Å². The van der Waals surface area contributed by atoms with E-state index in [0.717, 1.165) is 20.4 Å². The van der Waals surface area contributed by atoms with Crippen molar-refractivity contribution in [2.24, 2.45) is 0 Å². The SMILES string of the molecule is C=CCn1c(CNC(=O)c2ccccc2C)nnc1SCC(=O)Nc1ccc(I)cc1C(C)C. The molecule has 2 aromatic carbocycles. The first-order valence-electron chi connectivity index (χ1n) is 10.9. The van der Waals surface area contributed by atoms with Gasteiger partial charge in [-0.1, -0.05) is 49.9 Å².